The molecule has 0 aliphatic carbocycles. The fourth-order valence-corrected chi connectivity index (χ4v) is 1.63. The molecule has 0 saturated carbocycles. The molecule has 0 bridgehead atoms. The van der Waals surface area contributed by atoms with Crippen molar-refractivity contribution in [2.75, 3.05) is 0 Å². The first kappa shape index (κ1) is 15.2. The summed E-state index contributed by atoms with van der Waals surface area (Å²) in [7, 11) is 0. The summed E-state index contributed by atoms with van der Waals surface area (Å²) in [6, 6.07) is 0.681. The molecule has 0 fully saturated rings. The highest BCUT2D eigenvalue weighted by Gasteiger charge is 2.46. The third-order valence-corrected chi connectivity index (χ3v) is 2.31. The average Bonchev–Trinajstić information content (AvgIpc) is 2.24. The molecule has 0 aliphatic rings. The molecule has 0 amide bonds. The van der Waals surface area contributed by atoms with Gasteiger partial charge in [-0.3, -0.25) is 9.59 Å². The van der Waals surface area contributed by atoms with Crippen LogP contribution >= 0.6 is 0 Å². The Labute approximate surface area is 103 Å². The zero-order chi connectivity index (χ0) is 15.0. The van der Waals surface area contributed by atoms with Gasteiger partial charge in [-0.1, -0.05) is 6.07 Å². The maximum atomic E-state index is 12.7. The molecular weight excluding hydrogens is 278 g/mol. The minimum absolute atomic E-state index is 0.0911. The molecule has 0 atom stereocenters. The lowest BCUT2D eigenvalue weighted by atomic mass is 9.93. The van der Waals surface area contributed by atoms with Gasteiger partial charge in [-0.25, -0.2) is 0 Å². The number of benzene rings is 1. The van der Waals surface area contributed by atoms with Crippen LogP contribution in [0.5, 0.6) is 0 Å². The molecule has 8 heteroatoms. The van der Waals surface area contributed by atoms with E-state index in [2.05, 4.69) is 0 Å². The maximum absolute atomic E-state index is 12.7. The van der Waals surface area contributed by atoms with Crippen LogP contribution in [-0.2, 0) is 12.4 Å². The van der Waals surface area contributed by atoms with E-state index in [0.717, 1.165) is 0 Å². The first-order chi connectivity index (χ1) is 8.50. The molecule has 0 spiro atoms. The number of carbonyl (C=O) groups is 2. The Morgan fingerprint density at radius 3 is 1.89 bits per heavy atom. The van der Waals surface area contributed by atoms with Gasteiger partial charge >= 0.3 is 12.4 Å². The summed E-state index contributed by atoms with van der Waals surface area (Å²) in [5, 5.41) is 0. The molecule has 0 aromatic heterocycles. The molecule has 2 nitrogen and oxygen atoms in total. The highest BCUT2D eigenvalue weighted by molar-refractivity contribution is 6.03. The van der Waals surface area contributed by atoms with Crippen molar-refractivity contribution < 1.29 is 35.9 Å². The second-order valence-electron chi connectivity index (χ2n) is 3.62. The van der Waals surface area contributed by atoms with E-state index in [4.69, 9.17) is 0 Å². The second-order valence-corrected chi connectivity index (χ2v) is 3.62. The fourth-order valence-electron chi connectivity index (χ4n) is 1.63. The van der Waals surface area contributed by atoms with Gasteiger partial charge in [0.1, 0.15) is 0 Å². The third-order valence-electron chi connectivity index (χ3n) is 2.31. The normalized spacial score (nSPS) is 12.4. The van der Waals surface area contributed by atoms with Crippen molar-refractivity contribution >= 4 is 12.1 Å². The van der Waals surface area contributed by atoms with Crippen molar-refractivity contribution in [2.45, 2.75) is 19.3 Å². The third kappa shape index (κ3) is 2.94. The van der Waals surface area contributed by atoms with Crippen LogP contribution in [0.4, 0.5) is 26.3 Å². The van der Waals surface area contributed by atoms with E-state index in [1.54, 1.807) is 0 Å². The average molecular weight is 284 g/mol. The quantitative estimate of drug-likeness (QED) is 0.471. The van der Waals surface area contributed by atoms with E-state index in [-0.39, 0.29) is 12.4 Å². The van der Waals surface area contributed by atoms with Crippen LogP contribution in [-0.4, -0.2) is 12.1 Å². The summed E-state index contributed by atoms with van der Waals surface area (Å²) in [4.78, 5) is 21.7. The molecule has 1 rings (SSSR count). The Kier molecular flexibility index (Phi) is 3.74. The van der Waals surface area contributed by atoms with Gasteiger partial charge in [-0.15, -0.1) is 0 Å². The van der Waals surface area contributed by atoms with Crippen molar-refractivity contribution in [3.8, 4) is 0 Å². The van der Waals surface area contributed by atoms with Crippen LogP contribution in [0.1, 0.15) is 38.8 Å². The Morgan fingerprint density at radius 2 is 1.58 bits per heavy atom. The largest absolute Gasteiger partial charge is 0.417 e. The SMILES string of the molecule is CC(=O)c1c(C=O)ccc(C(F)(F)F)c1C(F)(F)F. The molecular formula is C11H6F6O2. The fraction of sp³-hybridized carbons (Fsp3) is 0.273. The van der Waals surface area contributed by atoms with Crippen LogP contribution in [0.3, 0.4) is 0 Å². The Balaban J connectivity index is 3.86. The van der Waals surface area contributed by atoms with Crippen LogP contribution in [0.2, 0.25) is 0 Å². The summed E-state index contributed by atoms with van der Waals surface area (Å²) < 4.78 is 75.9. The van der Waals surface area contributed by atoms with Gasteiger partial charge in [-0.2, -0.15) is 26.3 Å². The van der Waals surface area contributed by atoms with Crippen LogP contribution < -0.4 is 0 Å². The lowest BCUT2D eigenvalue weighted by Crippen LogP contribution is -2.21. The summed E-state index contributed by atoms with van der Waals surface area (Å²) >= 11 is 0. The number of Topliss-reactive ketones (excluding diaryl/α,β-unsaturated/α-hetero) is 1. The number of aldehydes is 1. The second kappa shape index (κ2) is 4.67. The highest BCUT2D eigenvalue weighted by Crippen LogP contribution is 2.42. The van der Waals surface area contributed by atoms with Crippen molar-refractivity contribution in [1.82, 2.24) is 0 Å². The van der Waals surface area contributed by atoms with Crippen molar-refractivity contribution in [3.63, 3.8) is 0 Å². The van der Waals surface area contributed by atoms with E-state index in [1.807, 2.05) is 0 Å². The molecule has 0 unspecified atom stereocenters. The number of ketones is 1. The topological polar surface area (TPSA) is 34.1 Å². The molecule has 1 aromatic rings. The van der Waals surface area contributed by atoms with Gasteiger partial charge in [0.05, 0.1) is 11.1 Å². The van der Waals surface area contributed by atoms with Crippen LogP contribution in [0.25, 0.3) is 0 Å². The molecule has 0 N–H and O–H groups in total. The van der Waals surface area contributed by atoms with E-state index < -0.39 is 40.4 Å². The van der Waals surface area contributed by atoms with Gasteiger partial charge < -0.3 is 0 Å². The number of hydrogen-bond donors (Lipinski definition) is 0. The first-order valence-corrected chi connectivity index (χ1v) is 4.77. The minimum Gasteiger partial charge on any atom is -0.298 e. The van der Waals surface area contributed by atoms with E-state index in [0.29, 0.717) is 13.0 Å². The van der Waals surface area contributed by atoms with Gasteiger partial charge in [0, 0.05) is 11.1 Å². The number of alkyl halides is 6. The Hall–Kier alpha value is -1.86. The summed E-state index contributed by atoms with van der Waals surface area (Å²) in [6.07, 6.45) is -10.8. The van der Waals surface area contributed by atoms with Gasteiger partial charge in [0.15, 0.2) is 12.1 Å². The van der Waals surface area contributed by atoms with Crippen LogP contribution in [0, 0.1) is 0 Å². The molecule has 1 aromatic carbocycles. The van der Waals surface area contributed by atoms with Gasteiger partial charge in [0.25, 0.3) is 0 Å². The summed E-state index contributed by atoms with van der Waals surface area (Å²) in [6.45, 7) is 0.664. The summed E-state index contributed by atoms with van der Waals surface area (Å²) in [5.74, 6) is -1.26. The van der Waals surface area contributed by atoms with Crippen molar-refractivity contribution in [3.05, 3.63) is 34.4 Å². The predicted octanol–water partition coefficient (Wildman–Crippen LogP) is 3.74. The maximum Gasteiger partial charge on any atom is 0.417 e. The number of carbonyl (C=O) groups excluding carboxylic acids is 2. The number of hydrogen-bond acceptors (Lipinski definition) is 2. The molecule has 0 aliphatic heterocycles. The molecule has 0 heterocycles. The monoisotopic (exact) mass is 284 g/mol. The van der Waals surface area contributed by atoms with E-state index >= 15 is 0 Å². The molecule has 19 heavy (non-hydrogen) atoms. The van der Waals surface area contributed by atoms with E-state index in [9.17, 15) is 35.9 Å². The van der Waals surface area contributed by atoms with Crippen molar-refractivity contribution in [2.24, 2.45) is 0 Å². The molecule has 0 radical (unpaired) electrons. The molecule has 0 saturated heterocycles. The summed E-state index contributed by atoms with van der Waals surface area (Å²) in [5.41, 5.74) is -6.11. The zero-order valence-electron chi connectivity index (χ0n) is 9.32. The number of halogens is 6. The smallest absolute Gasteiger partial charge is 0.298 e. The highest BCUT2D eigenvalue weighted by atomic mass is 19.4. The molecule has 104 valence electrons. The standard InChI is InChI=1S/C11H6F6O2/c1-5(19)8-6(4-18)2-3-7(10(12,13)14)9(8)11(15,16)17/h2-4H,1H3. The zero-order valence-corrected chi connectivity index (χ0v) is 9.32. The lowest BCUT2D eigenvalue weighted by molar-refractivity contribution is -0.162. The van der Waals surface area contributed by atoms with Crippen LogP contribution in [0.15, 0.2) is 12.1 Å². The Bertz CT molecular complexity index is 527. The van der Waals surface area contributed by atoms with Gasteiger partial charge in [-0.05, 0) is 13.0 Å². The van der Waals surface area contributed by atoms with Crippen molar-refractivity contribution in [1.29, 1.82) is 0 Å². The lowest BCUT2D eigenvalue weighted by Gasteiger charge is -2.19. The first-order valence-electron chi connectivity index (χ1n) is 4.77. The number of rotatable bonds is 2. The van der Waals surface area contributed by atoms with Gasteiger partial charge in [0.2, 0.25) is 0 Å². The predicted molar refractivity (Wildman–Crippen MR) is 51.8 cm³/mol. The minimum atomic E-state index is -5.40. The Morgan fingerprint density at radius 1 is 1.05 bits per heavy atom. The van der Waals surface area contributed by atoms with E-state index in [1.165, 1.54) is 0 Å².